The summed E-state index contributed by atoms with van der Waals surface area (Å²) in [6.07, 6.45) is 0. The fourth-order valence-corrected chi connectivity index (χ4v) is 9.94. The number of rotatable bonds is 2. The van der Waals surface area contributed by atoms with Crippen LogP contribution in [0, 0.1) is 27.7 Å². The minimum absolute atomic E-state index is 0.00849. The second-order valence-corrected chi connectivity index (χ2v) is 22.0. The normalized spacial score (nSPS) is 15.0. The van der Waals surface area contributed by atoms with E-state index in [2.05, 4.69) is 187 Å². The smallest absolute Gasteiger partial charge is 0.257 e. The highest BCUT2D eigenvalue weighted by molar-refractivity contribution is 7.01. The lowest BCUT2D eigenvalue weighted by molar-refractivity contribution is 0.170. The number of ether oxygens (including phenoxy) is 2. The molecular weight excluding hydrogens is 735 g/mol. The third-order valence-electron chi connectivity index (χ3n) is 13.3. The third-order valence-corrected chi connectivity index (χ3v) is 13.3. The quantitative estimate of drug-likeness (QED) is 0.163. The van der Waals surface area contributed by atoms with Crippen LogP contribution < -0.4 is 35.7 Å². The Morgan fingerprint density at radius 1 is 0.500 bits per heavy atom. The molecule has 310 valence electrons. The molecule has 0 spiro atoms. The van der Waals surface area contributed by atoms with Crippen molar-refractivity contribution in [3.8, 4) is 11.5 Å². The zero-order chi connectivity index (χ0) is 43.2. The van der Waals surface area contributed by atoms with Crippen LogP contribution in [-0.4, -0.2) is 19.9 Å². The van der Waals surface area contributed by atoms with Crippen molar-refractivity contribution in [1.29, 1.82) is 0 Å². The van der Waals surface area contributed by atoms with Crippen LogP contribution in [0.3, 0.4) is 0 Å². The molecule has 4 heterocycles. The predicted octanol–water partition coefficient (Wildman–Crippen LogP) is 12.7. The van der Waals surface area contributed by atoms with Crippen molar-refractivity contribution in [3.63, 3.8) is 0 Å². The summed E-state index contributed by atoms with van der Waals surface area (Å²) in [5, 5.41) is 1.18. The van der Waals surface area contributed by atoms with Crippen LogP contribution in [0.1, 0.15) is 128 Å². The van der Waals surface area contributed by atoms with Crippen molar-refractivity contribution in [3.05, 3.63) is 111 Å². The molecule has 60 heavy (non-hydrogen) atoms. The third kappa shape index (κ3) is 6.18. The van der Waals surface area contributed by atoms with Gasteiger partial charge in [-0.15, -0.1) is 0 Å². The molecule has 0 fully saturated rings. The Kier molecular flexibility index (Phi) is 8.87. The van der Waals surface area contributed by atoms with Crippen LogP contribution in [0.15, 0.2) is 71.1 Å². The van der Waals surface area contributed by atoms with E-state index in [-0.39, 0.29) is 28.4 Å². The molecule has 6 aromatic rings. The van der Waals surface area contributed by atoms with Gasteiger partial charge in [0.2, 0.25) is 5.88 Å². The summed E-state index contributed by atoms with van der Waals surface area (Å²) in [7, 11) is 0. The van der Waals surface area contributed by atoms with Gasteiger partial charge in [-0.2, -0.15) is 0 Å². The van der Waals surface area contributed by atoms with Crippen molar-refractivity contribution in [1.82, 2.24) is 0 Å². The van der Waals surface area contributed by atoms with E-state index < -0.39 is 0 Å². The van der Waals surface area contributed by atoms with Gasteiger partial charge in [-0.3, -0.25) is 4.90 Å². The molecule has 0 bridgehead atoms. The maximum absolute atomic E-state index is 7.32. The molecule has 0 N–H and O–H groups in total. The Morgan fingerprint density at radius 2 is 1.03 bits per heavy atom. The second-order valence-electron chi connectivity index (χ2n) is 22.0. The number of fused-ring (bicyclic) bond motifs is 7. The highest BCUT2D eigenvalue weighted by Crippen LogP contribution is 2.52. The minimum Gasteiger partial charge on any atom is -0.486 e. The maximum Gasteiger partial charge on any atom is 0.257 e. The molecule has 0 atom stereocenters. The lowest BCUT2D eigenvalue weighted by Crippen LogP contribution is -2.61. The highest BCUT2D eigenvalue weighted by atomic mass is 16.6. The standard InChI is InChI=1S/C54H63BN2O3/c1-30-23-36(53(11,12)13)24-31(2)47(30)57-42-29-37(54(14,15)16)28-41-46(42)55(45-38-26-34(51(5,6)7)18-20-43(38)60-50(45)57)39-27-35(52(8,9)10)17-19-40(39)56(41)48-32(3)25-44-49(33(48)4)59-22-21-58-44/h17-20,23-29H,21-22H2,1-16H3. The van der Waals surface area contributed by atoms with Crippen LogP contribution in [-0.2, 0) is 21.7 Å². The van der Waals surface area contributed by atoms with Crippen LogP contribution in [0.4, 0.5) is 34.3 Å². The molecule has 0 saturated heterocycles. The fourth-order valence-electron chi connectivity index (χ4n) is 9.94. The summed E-state index contributed by atoms with van der Waals surface area (Å²) in [4.78, 5) is 5.05. The SMILES string of the molecule is Cc1cc(C(C)(C)C)cc(C)c1N1c2cc(C(C)(C)C)cc3c2B(c2cc(C(C)(C)C)ccc2N3c2c(C)cc3c(c2C)OCCO3)c2c1oc1ccc(C(C)(C)C)cc21. The van der Waals surface area contributed by atoms with Gasteiger partial charge in [0.05, 0.1) is 11.4 Å². The molecule has 0 unspecified atom stereocenters. The van der Waals surface area contributed by atoms with Gasteiger partial charge in [0.15, 0.2) is 11.5 Å². The van der Waals surface area contributed by atoms with Gasteiger partial charge >= 0.3 is 0 Å². The van der Waals surface area contributed by atoms with Crippen LogP contribution in [0.25, 0.3) is 11.0 Å². The Morgan fingerprint density at radius 3 is 1.65 bits per heavy atom. The lowest BCUT2D eigenvalue weighted by Gasteiger charge is -2.45. The first-order valence-corrected chi connectivity index (χ1v) is 22.0. The molecule has 0 amide bonds. The number of nitrogens with zero attached hydrogens (tertiary/aromatic N) is 2. The summed E-state index contributed by atoms with van der Waals surface area (Å²) in [6, 6.07) is 26.0. The highest BCUT2D eigenvalue weighted by Gasteiger charge is 2.48. The Bertz CT molecular complexity index is 2740. The van der Waals surface area contributed by atoms with Crippen molar-refractivity contribution in [2.45, 2.75) is 132 Å². The Balaban J connectivity index is 1.48. The van der Waals surface area contributed by atoms with Gasteiger partial charge in [0, 0.05) is 33.5 Å². The van der Waals surface area contributed by atoms with Gasteiger partial charge in [-0.05, 0) is 136 Å². The number of furan rings is 1. The van der Waals surface area contributed by atoms with Crippen molar-refractivity contribution in [2.24, 2.45) is 0 Å². The molecule has 0 aliphatic carbocycles. The first kappa shape index (κ1) is 40.3. The first-order chi connectivity index (χ1) is 27.9. The monoisotopic (exact) mass is 798 g/mol. The number of hydrogen-bond acceptors (Lipinski definition) is 5. The zero-order valence-corrected chi connectivity index (χ0v) is 39.0. The van der Waals surface area contributed by atoms with E-state index in [4.69, 9.17) is 13.9 Å². The van der Waals surface area contributed by atoms with E-state index in [1.54, 1.807) is 0 Å². The molecule has 5 aromatic carbocycles. The van der Waals surface area contributed by atoms with Gasteiger partial charge in [0.25, 0.3) is 6.71 Å². The number of benzene rings is 5. The van der Waals surface area contributed by atoms with Crippen LogP contribution in [0.5, 0.6) is 11.5 Å². The molecule has 0 radical (unpaired) electrons. The maximum atomic E-state index is 7.32. The average molecular weight is 799 g/mol. The molecule has 0 saturated carbocycles. The van der Waals surface area contributed by atoms with Crippen molar-refractivity contribution >= 4 is 68.4 Å². The summed E-state index contributed by atoms with van der Waals surface area (Å²) in [5.74, 6) is 2.57. The molecule has 3 aliphatic rings. The predicted molar refractivity (Wildman–Crippen MR) is 255 cm³/mol. The van der Waals surface area contributed by atoms with Crippen molar-refractivity contribution in [2.75, 3.05) is 23.0 Å². The van der Waals surface area contributed by atoms with Gasteiger partial charge in [-0.1, -0.05) is 113 Å². The Hall–Kier alpha value is -5.10. The fraction of sp³-hybridized carbons (Fsp3) is 0.407. The largest absolute Gasteiger partial charge is 0.486 e. The van der Waals surface area contributed by atoms with E-state index in [0.717, 1.165) is 39.8 Å². The number of hydrogen-bond donors (Lipinski definition) is 0. The average Bonchev–Trinajstić information content (AvgIpc) is 3.53. The Labute approximate surface area is 359 Å². The van der Waals surface area contributed by atoms with E-state index in [1.807, 2.05) is 0 Å². The summed E-state index contributed by atoms with van der Waals surface area (Å²) >= 11 is 0. The van der Waals surface area contributed by atoms with Crippen LogP contribution >= 0.6 is 0 Å². The molecule has 5 nitrogen and oxygen atoms in total. The number of aryl methyl sites for hydroxylation is 3. The van der Waals surface area contributed by atoms with E-state index in [0.29, 0.717) is 13.2 Å². The first-order valence-electron chi connectivity index (χ1n) is 22.0. The lowest BCUT2D eigenvalue weighted by atomic mass is 9.33. The topological polar surface area (TPSA) is 38.1 Å². The molecule has 6 heteroatoms. The van der Waals surface area contributed by atoms with E-state index in [1.165, 1.54) is 77.9 Å². The minimum atomic E-state index is -0.151. The van der Waals surface area contributed by atoms with E-state index >= 15 is 0 Å². The molecule has 3 aliphatic heterocycles. The van der Waals surface area contributed by atoms with Gasteiger partial charge in [-0.25, -0.2) is 0 Å². The molecule has 1 aromatic heterocycles. The zero-order valence-electron chi connectivity index (χ0n) is 39.0. The summed E-state index contributed by atoms with van der Waals surface area (Å²) in [5.41, 5.74) is 20.3. The van der Waals surface area contributed by atoms with Gasteiger partial charge < -0.3 is 18.8 Å². The number of anilines is 6. The van der Waals surface area contributed by atoms with E-state index in [9.17, 15) is 0 Å². The molecular formula is C54H63BN2O3. The summed E-state index contributed by atoms with van der Waals surface area (Å²) < 4.78 is 19.9. The van der Waals surface area contributed by atoms with Crippen LogP contribution in [0.2, 0.25) is 0 Å². The summed E-state index contributed by atoms with van der Waals surface area (Å²) in [6.45, 7) is 37.8. The molecule has 9 rings (SSSR count). The second kappa shape index (κ2) is 13.2. The van der Waals surface area contributed by atoms with Gasteiger partial charge in [0.1, 0.15) is 18.8 Å². The van der Waals surface area contributed by atoms with Crippen molar-refractivity contribution < 1.29 is 13.9 Å².